The lowest BCUT2D eigenvalue weighted by Gasteiger charge is -2.28. The van der Waals surface area contributed by atoms with E-state index in [1.54, 1.807) is 18.2 Å². The lowest BCUT2D eigenvalue weighted by atomic mass is 9.78. The molecule has 0 bridgehead atoms. The Kier molecular flexibility index (Phi) is 5.52. The Morgan fingerprint density at radius 3 is 1.82 bits per heavy atom. The van der Waals surface area contributed by atoms with Gasteiger partial charge in [0, 0.05) is 22.4 Å². The number of carbonyl (C=O) groups excluding carboxylic acids is 1. The molecule has 28 heavy (non-hydrogen) atoms. The minimum Gasteiger partial charge on any atom is -0.507 e. The standard InChI is InChI=1S/C23H25N3O2/c1-22(2,3)18-10-15(11-19(20(18)27)23(4,5)6)21(28)26-17-8-7-14(12-24)16(9-17)13-25/h7-11,27H,1-6H3,(H,26,28). The van der Waals surface area contributed by atoms with Crippen LogP contribution in [0, 0.1) is 22.7 Å². The van der Waals surface area contributed by atoms with E-state index in [4.69, 9.17) is 10.5 Å². The van der Waals surface area contributed by atoms with Gasteiger partial charge in [-0.3, -0.25) is 4.79 Å². The molecule has 0 radical (unpaired) electrons. The Labute approximate surface area is 166 Å². The van der Waals surface area contributed by atoms with E-state index in [0.717, 1.165) is 0 Å². The summed E-state index contributed by atoms with van der Waals surface area (Å²) in [5.74, 6) is -0.133. The maximum Gasteiger partial charge on any atom is 0.255 e. The Hall–Kier alpha value is -3.31. The van der Waals surface area contributed by atoms with Crippen molar-refractivity contribution in [2.24, 2.45) is 0 Å². The van der Waals surface area contributed by atoms with Crippen molar-refractivity contribution in [3.05, 3.63) is 58.1 Å². The third-order valence-electron chi connectivity index (χ3n) is 4.51. The molecule has 0 aliphatic carbocycles. The molecule has 2 rings (SSSR count). The van der Waals surface area contributed by atoms with E-state index in [2.05, 4.69) is 5.32 Å². The second kappa shape index (κ2) is 7.37. The molecule has 144 valence electrons. The summed E-state index contributed by atoms with van der Waals surface area (Å²) in [4.78, 5) is 12.9. The highest BCUT2D eigenvalue weighted by Crippen LogP contribution is 2.39. The fourth-order valence-corrected chi connectivity index (χ4v) is 2.92. The van der Waals surface area contributed by atoms with Gasteiger partial charge in [0.15, 0.2) is 0 Å². The first-order valence-corrected chi connectivity index (χ1v) is 9.02. The second-order valence-corrected chi connectivity index (χ2v) is 8.86. The van der Waals surface area contributed by atoms with Crippen LogP contribution in [0.1, 0.15) is 74.2 Å². The highest BCUT2D eigenvalue weighted by atomic mass is 16.3. The summed E-state index contributed by atoms with van der Waals surface area (Å²) in [5.41, 5.74) is 2.03. The van der Waals surface area contributed by atoms with Crippen molar-refractivity contribution in [3.63, 3.8) is 0 Å². The molecule has 5 nitrogen and oxygen atoms in total. The quantitative estimate of drug-likeness (QED) is 0.773. The van der Waals surface area contributed by atoms with Gasteiger partial charge in [-0.25, -0.2) is 0 Å². The zero-order valence-corrected chi connectivity index (χ0v) is 17.1. The van der Waals surface area contributed by atoms with E-state index in [0.29, 0.717) is 22.4 Å². The Morgan fingerprint density at radius 2 is 1.39 bits per heavy atom. The Bertz CT molecular complexity index is 975. The van der Waals surface area contributed by atoms with Gasteiger partial charge < -0.3 is 10.4 Å². The van der Waals surface area contributed by atoms with Gasteiger partial charge in [0.25, 0.3) is 5.91 Å². The number of hydrogen-bond donors (Lipinski definition) is 2. The van der Waals surface area contributed by atoms with Crippen LogP contribution in [-0.2, 0) is 10.8 Å². The number of anilines is 1. The number of rotatable bonds is 2. The maximum absolute atomic E-state index is 12.9. The molecule has 0 fully saturated rings. The van der Waals surface area contributed by atoms with Crippen molar-refractivity contribution in [3.8, 4) is 17.9 Å². The SMILES string of the molecule is CC(C)(C)c1cc(C(=O)Nc2ccc(C#N)c(C#N)c2)cc(C(C)(C)C)c1O. The number of nitrogens with zero attached hydrogens (tertiary/aromatic N) is 2. The summed E-state index contributed by atoms with van der Waals surface area (Å²) in [5, 5.41) is 31.8. The molecular formula is C23H25N3O2. The average Bonchev–Trinajstić information content (AvgIpc) is 2.59. The maximum atomic E-state index is 12.9. The van der Waals surface area contributed by atoms with E-state index in [1.807, 2.05) is 53.7 Å². The van der Waals surface area contributed by atoms with Crippen molar-refractivity contribution in [1.29, 1.82) is 10.5 Å². The summed E-state index contributed by atoms with van der Waals surface area (Å²) >= 11 is 0. The lowest BCUT2D eigenvalue weighted by molar-refractivity contribution is 0.102. The van der Waals surface area contributed by atoms with Crippen LogP contribution in [0.15, 0.2) is 30.3 Å². The van der Waals surface area contributed by atoms with Gasteiger partial charge in [-0.1, -0.05) is 41.5 Å². The number of nitriles is 2. The first-order valence-electron chi connectivity index (χ1n) is 9.02. The molecular weight excluding hydrogens is 350 g/mol. The van der Waals surface area contributed by atoms with Crippen LogP contribution >= 0.6 is 0 Å². The van der Waals surface area contributed by atoms with Crippen molar-refractivity contribution in [2.45, 2.75) is 52.4 Å². The van der Waals surface area contributed by atoms with Crippen LogP contribution in [0.4, 0.5) is 5.69 Å². The largest absolute Gasteiger partial charge is 0.507 e. The van der Waals surface area contributed by atoms with Gasteiger partial charge in [0.05, 0.1) is 11.1 Å². The summed E-state index contributed by atoms with van der Waals surface area (Å²) in [6, 6.07) is 11.9. The van der Waals surface area contributed by atoms with Crippen molar-refractivity contribution >= 4 is 11.6 Å². The number of benzene rings is 2. The van der Waals surface area contributed by atoms with Crippen molar-refractivity contribution < 1.29 is 9.90 Å². The zero-order chi connectivity index (χ0) is 21.3. The first-order chi connectivity index (χ1) is 12.9. The molecule has 0 aliphatic rings. The molecule has 0 aromatic heterocycles. The third-order valence-corrected chi connectivity index (χ3v) is 4.51. The van der Waals surface area contributed by atoms with E-state index < -0.39 is 0 Å². The molecule has 0 spiro atoms. The van der Waals surface area contributed by atoms with Crippen LogP contribution < -0.4 is 5.32 Å². The monoisotopic (exact) mass is 375 g/mol. The second-order valence-electron chi connectivity index (χ2n) is 8.86. The molecule has 0 aliphatic heterocycles. The minimum absolute atomic E-state index is 0.205. The number of nitrogens with one attached hydrogen (secondary N) is 1. The van der Waals surface area contributed by atoms with Crippen LogP contribution in [-0.4, -0.2) is 11.0 Å². The molecule has 0 atom stereocenters. The van der Waals surface area contributed by atoms with Crippen molar-refractivity contribution in [2.75, 3.05) is 5.32 Å². The van der Waals surface area contributed by atoms with E-state index in [9.17, 15) is 9.90 Å². The van der Waals surface area contributed by atoms with Gasteiger partial charge in [-0.2, -0.15) is 10.5 Å². The number of carbonyl (C=O) groups is 1. The van der Waals surface area contributed by atoms with Crippen molar-refractivity contribution in [1.82, 2.24) is 0 Å². The van der Waals surface area contributed by atoms with Gasteiger partial charge >= 0.3 is 0 Å². The molecule has 2 N–H and O–H groups in total. The Balaban J connectivity index is 2.52. The van der Waals surface area contributed by atoms with Crippen LogP contribution in [0.3, 0.4) is 0 Å². The first kappa shape index (κ1) is 21.0. The van der Waals surface area contributed by atoms with Crippen LogP contribution in [0.25, 0.3) is 0 Å². The topological polar surface area (TPSA) is 96.9 Å². The Morgan fingerprint density at radius 1 is 0.893 bits per heavy atom. The smallest absolute Gasteiger partial charge is 0.255 e. The summed E-state index contributed by atoms with van der Waals surface area (Å²) in [7, 11) is 0. The highest BCUT2D eigenvalue weighted by Gasteiger charge is 2.27. The molecule has 0 heterocycles. The van der Waals surface area contributed by atoms with Gasteiger partial charge in [0.2, 0.25) is 0 Å². The lowest BCUT2D eigenvalue weighted by Crippen LogP contribution is -2.20. The van der Waals surface area contributed by atoms with Crippen LogP contribution in [0.5, 0.6) is 5.75 Å². The van der Waals surface area contributed by atoms with E-state index in [-0.39, 0.29) is 33.6 Å². The molecule has 0 saturated carbocycles. The van der Waals surface area contributed by atoms with Crippen LogP contribution in [0.2, 0.25) is 0 Å². The number of hydrogen-bond acceptors (Lipinski definition) is 4. The average molecular weight is 375 g/mol. The molecule has 2 aromatic carbocycles. The normalized spacial score (nSPS) is 11.4. The number of phenols is 1. The van der Waals surface area contributed by atoms with Gasteiger partial charge in [0.1, 0.15) is 17.9 Å². The fourth-order valence-electron chi connectivity index (χ4n) is 2.92. The summed E-state index contributed by atoms with van der Waals surface area (Å²) in [6.07, 6.45) is 0. The zero-order valence-electron chi connectivity index (χ0n) is 17.1. The highest BCUT2D eigenvalue weighted by molar-refractivity contribution is 6.05. The molecule has 1 amide bonds. The number of aromatic hydroxyl groups is 1. The molecule has 0 saturated heterocycles. The fraction of sp³-hybridized carbons (Fsp3) is 0.348. The molecule has 2 aromatic rings. The predicted molar refractivity (Wildman–Crippen MR) is 109 cm³/mol. The molecule has 5 heteroatoms. The minimum atomic E-state index is -0.344. The van der Waals surface area contributed by atoms with E-state index >= 15 is 0 Å². The predicted octanol–water partition coefficient (Wildman–Crippen LogP) is 4.98. The van der Waals surface area contributed by atoms with Gasteiger partial charge in [-0.05, 0) is 41.2 Å². The number of amides is 1. The molecule has 0 unspecified atom stereocenters. The summed E-state index contributed by atoms with van der Waals surface area (Å²) < 4.78 is 0. The van der Waals surface area contributed by atoms with Gasteiger partial charge in [-0.15, -0.1) is 0 Å². The van der Waals surface area contributed by atoms with E-state index in [1.165, 1.54) is 12.1 Å². The summed E-state index contributed by atoms with van der Waals surface area (Å²) in [6.45, 7) is 11.9. The third kappa shape index (κ3) is 4.32. The number of phenolic OH excluding ortho intramolecular Hbond substituents is 1.